The molecule has 0 saturated carbocycles. The molecule has 3 N–H and O–H groups in total. The molecular weight excluding hydrogens is 268 g/mol. The number of hydrogen-bond donors (Lipinski definition) is 2. The zero-order valence-electron chi connectivity index (χ0n) is 12.6. The van der Waals surface area contributed by atoms with Gasteiger partial charge in [-0.1, -0.05) is 17.9 Å². The molecule has 0 fully saturated rings. The number of carbonyl (C=O) groups is 1. The number of nitrogens with one attached hydrogen (secondary N) is 1. The Bertz CT molecular complexity index is 518. The Labute approximate surface area is 125 Å². The summed E-state index contributed by atoms with van der Waals surface area (Å²) in [5.74, 6) is 5.62. The second-order valence-electron chi connectivity index (χ2n) is 4.40. The minimum absolute atomic E-state index is 0.138. The maximum atomic E-state index is 12.0. The number of benzene rings is 1. The van der Waals surface area contributed by atoms with Gasteiger partial charge in [0, 0.05) is 24.8 Å². The molecule has 0 bridgehead atoms. The normalized spacial score (nSPS) is 9.86. The fourth-order valence-electron chi connectivity index (χ4n) is 1.63. The molecule has 0 unspecified atom stereocenters. The van der Waals surface area contributed by atoms with Crippen molar-refractivity contribution in [3.63, 3.8) is 0 Å². The van der Waals surface area contributed by atoms with Crippen LogP contribution in [0.5, 0.6) is 0 Å². The van der Waals surface area contributed by atoms with E-state index in [4.69, 9.17) is 15.2 Å². The van der Waals surface area contributed by atoms with Crippen LogP contribution >= 0.6 is 0 Å². The summed E-state index contributed by atoms with van der Waals surface area (Å²) in [5.41, 5.74) is 7.79. The number of rotatable bonds is 7. The average molecular weight is 290 g/mol. The largest absolute Gasteiger partial charge is 0.382 e. The predicted octanol–water partition coefficient (Wildman–Crippen LogP) is 0.698. The Hall–Kier alpha value is -1.87. The number of amides is 1. The maximum Gasteiger partial charge on any atom is 0.251 e. The monoisotopic (exact) mass is 290 g/mol. The Morgan fingerprint density at radius 3 is 2.86 bits per heavy atom. The van der Waals surface area contributed by atoms with E-state index in [1.54, 1.807) is 19.2 Å². The summed E-state index contributed by atoms with van der Waals surface area (Å²) < 4.78 is 10.1. The van der Waals surface area contributed by atoms with Crippen molar-refractivity contribution < 1.29 is 14.3 Å². The fraction of sp³-hybridized carbons (Fsp3) is 0.438. The van der Waals surface area contributed by atoms with E-state index in [1.807, 2.05) is 13.0 Å². The smallest absolute Gasteiger partial charge is 0.251 e. The van der Waals surface area contributed by atoms with Crippen LogP contribution in [0.4, 0.5) is 0 Å². The molecule has 0 aliphatic heterocycles. The lowest BCUT2D eigenvalue weighted by Crippen LogP contribution is -2.27. The van der Waals surface area contributed by atoms with Gasteiger partial charge in [0.2, 0.25) is 0 Å². The molecule has 0 aliphatic rings. The summed E-state index contributed by atoms with van der Waals surface area (Å²) >= 11 is 0. The molecule has 0 aliphatic carbocycles. The lowest BCUT2D eigenvalue weighted by molar-refractivity contribution is 0.0692. The van der Waals surface area contributed by atoms with E-state index >= 15 is 0 Å². The molecule has 0 radical (unpaired) electrons. The Morgan fingerprint density at radius 2 is 2.14 bits per heavy atom. The fourth-order valence-corrected chi connectivity index (χ4v) is 1.63. The quantitative estimate of drug-likeness (QED) is 0.572. The van der Waals surface area contributed by atoms with Crippen LogP contribution in [0.25, 0.3) is 0 Å². The summed E-state index contributed by atoms with van der Waals surface area (Å²) in [6.07, 6.45) is 0. The van der Waals surface area contributed by atoms with Crippen molar-refractivity contribution in [3.8, 4) is 11.8 Å². The number of hydrogen-bond acceptors (Lipinski definition) is 4. The molecule has 0 heterocycles. The average Bonchev–Trinajstić information content (AvgIpc) is 2.49. The van der Waals surface area contributed by atoms with Gasteiger partial charge in [-0.05, 0) is 24.6 Å². The number of ether oxygens (including phenoxy) is 2. The Balaban J connectivity index is 2.50. The van der Waals surface area contributed by atoms with Crippen LogP contribution in [0.2, 0.25) is 0 Å². The summed E-state index contributed by atoms with van der Waals surface area (Å²) in [6, 6.07) is 5.44. The lowest BCUT2D eigenvalue weighted by atomic mass is 10.0. The van der Waals surface area contributed by atoms with E-state index in [1.165, 1.54) is 0 Å². The van der Waals surface area contributed by atoms with Gasteiger partial charge in [-0.3, -0.25) is 4.79 Å². The Kier molecular flexibility index (Phi) is 8.14. The molecule has 5 nitrogen and oxygen atoms in total. The molecule has 21 heavy (non-hydrogen) atoms. The number of aryl methyl sites for hydroxylation is 1. The summed E-state index contributed by atoms with van der Waals surface area (Å²) in [5, 5.41) is 2.80. The van der Waals surface area contributed by atoms with E-state index in [2.05, 4.69) is 17.2 Å². The predicted molar refractivity (Wildman–Crippen MR) is 82.1 cm³/mol. The minimum Gasteiger partial charge on any atom is -0.382 e. The Morgan fingerprint density at radius 1 is 1.33 bits per heavy atom. The van der Waals surface area contributed by atoms with Crippen molar-refractivity contribution in [2.75, 3.05) is 40.0 Å². The first-order valence-electron chi connectivity index (χ1n) is 6.83. The zero-order chi connectivity index (χ0) is 15.5. The molecular formula is C16H22N2O3. The minimum atomic E-state index is -0.138. The molecule has 0 atom stereocenters. The lowest BCUT2D eigenvalue weighted by Gasteiger charge is -2.07. The molecule has 1 aromatic rings. The van der Waals surface area contributed by atoms with Crippen LogP contribution in [-0.4, -0.2) is 45.9 Å². The molecule has 0 aromatic heterocycles. The van der Waals surface area contributed by atoms with Gasteiger partial charge < -0.3 is 20.5 Å². The topological polar surface area (TPSA) is 73.6 Å². The second kappa shape index (κ2) is 9.94. The first-order chi connectivity index (χ1) is 10.2. The third-order valence-corrected chi connectivity index (χ3v) is 2.79. The van der Waals surface area contributed by atoms with Crippen molar-refractivity contribution in [2.24, 2.45) is 5.73 Å². The summed E-state index contributed by atoms with van der Waals surface area (Å²) in [6.45, 7) is 4.24. The summed E-state index contributed by atoms with van der Waals surface area (Å²) in [4.78, 5) is 12.0. The molecule has 114 valence electrons. The van der Waals surface area contributed by atoms with Gasteiger partial charge >= 0.3 is 0 Å². The molecule has 1 aromatic carbocycles. The van der Waals surface area contributed by atoms with E-state index in [-0.39, 0.29) is 5.91 Å². The molecule has 5 heteroatoms. The van der Waals surface area contributed by atoms with Gasteiger partial charge in [-0.2, -0.15) is 0 Å². The van der Waals surface area contributed by atoms with Crippen molar-refractivity contribution in [1.29, 1.82) is 0 Å². The molecule has 0 saturated heterocycles. The highest BCUT2D eigenvalue weighted by Crippen LogP contribution is 2.10. The number of carbonyl (C=O) groups excluding carboxylic acids is 1. The second-order valence-corrected chi connectivity index (χ2v) is 4.40. The van der Waals surface area contributed by atoms with Gasteiger partial charge in [0.15, 0.2) is 0 Å². The van der Waals surface area contributed by atoms with Crippen LogP contribution in [-0.2, 0) is 9.47 Å². The van der Waals surface area contributed by atoms with E-state index in [0.717, 1.165) is 11.1 Å². The molecule has 1 amide bonds. The van der Waals surface area contributed by atoms with Crippen LogP contribution < -0.4 is 11.1 Å². The molecule has 1 rings (SSSR count). The van der Waals surface area contributed by atoms with Gasteiger partial charge in [0.1, 0.15) is 0 Å². The highest BCUT2D eigenvalue weighted by atomic mass is 16.5. The first-order valence-corrected chi connectivity index (χ1v) is 6.83. The van der Waals surface area contributed by atoms with Gasteiger partial charge in [0.05, 0.1) is 26.4 Å². The van der Waals surface area contributed by atoms with E-state index < -0.39 is 0 Å². The van der Waals surface area contributed by atoms with Crippen molar-refractivity contribution >= 4 is 5.91 Å². The van der Waals surface area contributed by atoms with Crippen LogP contribution in [0.1, 0.15) is 21.5 Å². The van der Waals surface area contributed by atoms with Crippen molar-refractivity contribution in [3.05, 3.63) is 34.9 Å². The standard InChI is InChI=1S/C16H22N2O3/c1-13-5-6-15(12-14(13)4-3-7-17)16(19)18-8-9-21-11-10-20-2/h5-6,12H,7-11,17H2,1-2H3,(H,18,19). The van der Waals surface area contributed by atoms with Gasteiger partial charge in [-0.25, -0.2) is 0 Å². The van der Waals surface area contributed by atoms with Gasteiger partial charge in [-0.15, -0.1) is 0 Å². The SMILES string of the molecule is COCCOCCNC(=O)c1ccc(C)c(C#CCN)c1. The van der Waals surface area contributed by atoms with E-state index in [0.29, 0.717) is 38.5 Å². The van der Waals surface area contributed by atoms with Crippen LogP contribution in [0, 0.1) is 18.8 Å². The third kappa shape index (κ3) is 6.41. The highest BCUT2D eigenvalue weighted by molar-refractivity contribution is 5.94. The number of nitrogens with two attached hydrogens (primary N) is 1. The third-order valence-electron chi connectivity index (χ3n) is 2.79. The van der Waals surface area contributed by atoms with Crippen molar-refractivity contribution in [1.82, 2.24) is 5.32 Å². The van der Waals surface area contributed by atoms with Crippen LogP contribution in [0.15, 0.2) is 18.2 Å². The van der Waals surface area contributed by atoms with Crippen LogP contribution in [0.3, 0.4) is 0 Å². The van der Waals surface area contributed by atoms with Gasteiger partial charge in [0.25, 0.3) is 5.91 Å². The molecule has 0 spiro atoms. The first kappa shape index (κ1) is 17.2. The van der Waals surface area contributed by atoms with E-state index in [9.17, 15) is 4.79 Å². The highest BCUT2D eigenvalue weighted by Gasteiger charge is 2.06. The zero-order valence-corrected chi connectivity index (χ0v) is 12.6. The number of methoxy groups -OCH3 is 1. The van der Waals surface area contributed by atoms with Crippen molar-refractivity contribution in [2.45, 2.75) is 6.92 Å². The summed E-state index contributed by atoms with van der Waals surface area (Å²) in [7, 11) is 1.62. The maximum absolute atomic E-state index is 12.0.